The van der Waals surface area contributed by atoms with Gasteiger partial charge in [-0.3, -0.25) is 9.36 Å². The first kappa shape index (κ1) is 19.4. The van der Waals surface area contributed by atoms with Crippen LogP contribution in [-0.4, -0.2) is 45.1 Å². The van der Waals surface area contributed by atoms with E-state index in [-0.39, 0.29) is 11.8 Å². The van der Waals surface area contributed by atoms with E-state index in [0.29, 0.717) is 6.54 Å². The fourth-order valence-corrected chi connectivity index (χ4v) is 3.67. The summed E-state index contributed by atoms with van der Waals surface area (Å²) in [6.45, 7) is 2.24. The molecule has 1 amide bonds. The minimum atomic E-state index is 0.0476. The van der Waals surface area contributed by atoms with E-state index in [1.807, 2.05) is 41.1 Å². The van der Waals surface area contributed by atoms with Crippen molar-refractivity contribution < 1.29 is 4.79 Å². The van der Waals surface area contributed by atoms with Gasteiger partial charge in [-0.15, -0.1) is 0 Å². The lowest BCUT2D eigenvalue weighted by Crippen LogP contribution is -2.41. The average Bonchev–Trinajstić information content (AvgIpc) is 3.30. The summed E-state index contributed by atoms with van der Waals surface area (Å²) in [6, 6.07) is 9.69. The number of carbonyl (C=O) groups excluding carboxylic acids is 1. The molecule has 1 aromatic carbocycles. The zero-order valence-corrected chi connectivity index (χ0v) is 16.8. The van der Waals surface area contributed by atoms with E-state index in [1.165, 1.54) is 5.56 Å². The molecule has 1 N–H and O–H groups in total. The lowest BCUT2D eigenvalue weighted by molar-refractivity contribution is -0.125. The summed E-state index contributed by atoms with van der Waals surface area (Å²) in [6.07, 6.45) is 9.30. The lowest BCUT2D eigenvalue weighted by atomic mass is 9.96. The van der Waals surface area contributed by atoms with Gasteiger partial charge < -0.3 is 10.2 Å². The van der Waals surface area contributed by atoms with Crippen LogP contribution in [0.5, 0.6) is 0 Å². The van der Waals surface area contributed by atoms with Crippen molar-refractivity contribution >= 4 is 23.3 Å². The Morgan fingerprint density at radius 1 is 1.14 bits per heavy atom. The molecule has 0 bridgehead atoms. The van der Waals surface area contributed by atoms with Gasteiger partial charge in [0.05, 0.1) is 0 Å². The molecule has 1 fully saturated rings. The third kappa shape index (κ3) is 4.92. The summed E-state index contributed by atoms with van der Waals surface area (Å²) in [7, 11) is 0. The molecule has 1 aliphatic rings. The van der Waals surface area contributed by atoms with E-state index >= 15 is 0 Å². The number of benzene rings is 1. The molecule has 1 aliphatic heterocycles. The number of aromatic nitrogens is 4. The monoisotopic (exact) mass is 410 g/mol. The van der Waals surface area contributed by atoms with Crippen molar-refractivity contribution in [2.75, 3.05) is 24.5 Å². The van der Waals surface area contributed by atoms with Crippen molar-refractivity contribution in [1.82, 2.24) is 24.8 Å². The standard InChI is InChI=1S/C21H23ClN6O/c22-18-3-1-16(2-4-18)5-8-24-21(29)17-6-10-27(11-7-17)19-13-20(26-14-25-19)28-12-9-23-15-28/h1-4,9,12-15,17H,5-8,10-11H2,(H,24,29). The fourth-order valence-electron chi connectivity index (χ4n) is 3.54. The third-order valence-electron chi connectivity index (χ3n) is 5.22. The van der Waals surface area contributed by atoms with E-state index in [4.69, 9.17) is 11.6 Å². The Morgan fingerprint density at radius 3 is 2.62 bits per heavy atom. The SMILES string of the molecule is O=C(NCCc1ccc(Cl)cc1)C1CCN(c2cc(-n3ccnc3)ncn2)CC1. The number of hydrogen-bond acceptors (Lipinski definition) is 5. The molecule has 1 saturated heterocycles. The number of amides is 1. The van der Waals surface area contributed by atoms with Crippen LogP contribution in [0.2, 0.25) is 5.02 Å². The maximum atomic E-state index is 12.5. The first-order chi connectivity index (χ1) is 14.2. The molecule has 3 aromatic rings. The molecule has 3 heterocycles. The Morgan fingerprint density at radius 2 is 1.90 bits per heavy atom. The van der Waals surface area contributed by atoms with Gasteiger partial charge in [-0.1, -0.05) is 23.7 Å². The molecule has 29 heavy (non-hydrogen) atoms. The zero-order chi connectivity index (χ0) is 20.1. The molecule has 0 aliphatic carbocycles. The van der Waals surface area contributed by atoms with Crippen LogP contribution in [-0.2, 0) is 11.2 Å². The highest BCUT2D eigenvalue weighted by Gasteiger charge is 2.25. The van der Waals surface area contributed by atoms with Crippen LogP contribution >= 0.6 is 11.6 Å². The quantitative estimate of drug-likeness (QED) is 0.676. The molecule has 0 unspecified atom stereocenters. The normalized spacial score (nSPS) is 14.7. The molecular weight excluding hydrogens is 388 g/mol. The Balaban J connectivity index is 1.26. The highest BCUT2D eigenvalue weighted by Crippen LogP contribution is 2.23. The van der Waals surface area contributed by atoms with Crippen LogP contribution in [0.1, 0.15) is 18.4 Å². The van der Waals surface area contributed by atoms with Crippen LogP contribution < -0.4 is 10.2 Å². The van der Waals surface area contributed by atoms with Crippen molar-refractivity contribution in [3.05, 3.63) is 66.0 Å². The number of nitrogens with one attached hydrogen (secondary N) is 1. The van der Waals surface area contributed by atoms with E-state index in [2.05, 4.69) is 25.2 Å². The Hall–Kier alpha value is -2.93. The van der Waals surface area contributed by atoms with Crippen molar-refractivity contribution in [1.29, 1.82) is 0 Å². The van der Waals surface area contributed by atoms with Crippen LogP contribution in [0.25, 0.3) is 5.82 Å². The van der Waals surface area contributed by atoms with E-state index in [0.717, 1.165) is 49.0 Å². The Kier molecular flexibility index (Phi) is 6.05. The van der Waals surface area contributed by atoms with Gasteiger partial charge in [-0.25, -0.2) is 15.0 Å². The van der Waals surface area contributed by atoms with Crippen molar-refractivity contribution in [2.45, 2.75) is 19.3 Å². The number of anilines is 1. The second-order valence-electron chi connectivity index (χ2n) is 7.13. The Bertz CT molecular complexity index is 936. The molecule has 2 aromatic heterocycles. The van der Waals surface area contributed by atoms with E-state index < -0.39 is 0 Å². The number of imidazole rings is 1. The van der Waals surface area contributed by atoms with Crippen molar-refractivity contribution in [3.63, 3.8) is 0 Å². The first-order valence-corrected chi connectivity index (χ1v) is 10.1. The smallest absolute Gasteiger partial charge is 0.223 e. The zero-order valence-electron chi connectivity index (χ0n) is 16.0. The average molecular weight is 411 g/mol. The number of piperidine rings is 1. The van der Waals surface area contributed by atoms with Gasteiger partial charge in [0, 0.05) is 49.0 Å². The summed E-state index contributed by atoms with van der Waals surface area (Å²) in [5.74, 6) is 1.85. The van der Waals surface area contributed by atoms with E-state index in [9.17, 15) is 4.79 Å². The molecule has 0 atom stereocenters. The maximum Gasteiger partial charge on any atom is 0.223 e. The Labute approximate surface area is 174 Å². The largest absolute Gasteiger partial charge is 0.356 e. The predicted octanol–water partition coefficient (Wildman–Crippen LogP) is 2.89. The number of hydrogen-bond donors (Lipinski definition) is 1. The summed E-state index contributed by atoms with van der Waals surface area (Å²) in [5, 5.41) is 3.80. The summed E-state index contributed by atoms with van der Waals surface area (Å²) < 4.78 is 1.85. The second kappa shape index (κ2) is 9.05. The van der Waals surface area contributed by atoms with Crippen molar-refractivity contribution in [3.8, 4) is 5.82 Å². The minimum absolute atomic E-state index is 0.0476. The van der Waals surface area contributed by atoms with Gasteiger partial charge in [0.1, 0.15) is 24.3 Å². The second-order valence-corrected chi connectivity index (χ2v) is 7.57. The number of nitrogens with zero attached hydrogens (tertiary/aromatic N) is 5. The van der Waals surface area contributed by atoms with Crippen molar-refractivity contribution in [2.24, 2.45) is 5.92 Å². The molecule has 150 valence electrons. The van der Waals surface area contributed by atoms with Gasteiger partial charge in [0.25, 0.3) is 0 Å². The van der Waals surface area contributed by atoms with E-state index in [1.54, 1.807) is 18.9 Å². The van der Waals surface area contributed by atoms with Gasteiger partial charge in [0.15, 0.2) is 0 Å². The maximum absolute atomic E-state index is 12.5. The first-order valence-electron chi connectivity index (χ1n) is 9.76. The van der Waals surface area contributed by atoms with Crippen LogP contribution in [0.15, 0.2) is 55.4 Å². The molecule has 0 saturated carbocycles. The molecule has 4 rings (SSSR count). The predicted molar refractivity (Wildman–Crippen MR) is 112 cm³/mol. The highest BCUT2D eigenvalue weighted by molar-refractivity contribution is 6.30. The van der Waals surface area contributed by atoms with Gasteiger partial charge >= 0.3 is 0 Å². The minimum Gasteiger partial charge on any atom is -0.356 e. The molecular formula is C21H23ClN6O. The topological polar surface area (TPSA) is 75.9 Å². The van der Waals surface area contributed by atoms with Crippen LogP contribution in [0.4, 0.5) is 5.82 Å². The highest BCUT2D eigenvalue weighted by atomic mass is 35.5. The van der Waals surface area contributed by atoms with Gasteiger partial charge in [0.2, 0.25) is 5.91 Å². The van der Waals surface area contributed by atoms with Gasteiger partial charge in [-0.2, -0.15) is 0 Å². The lowest BCUT2D eigenvalue weighted by Gasteiger charge is -2.32. The number of carbonyl (C=O) groups is 1. The summed E-state index contributed by atoms with van der Waals surface area (Å²) in [4.78, 5) is 27.5. The van der Waals surface area contributed by atoms with Gasteiger partial charge in [-0.05, 0) is 37.0 Å². The number of rotatable bonds is 6. The third-order valence-corrected chi connectivity index (χ3v) is 5.48. The molecule has 8 heteroatoms. The fraction of sp³-hybridized carbons (Fsp3) is 0.333. The summed E-state index contributed by atoms with van der Waals surface area (Å²) in [5.41, 5.74) is 1.17. The molecule has 7 nitrogen and oxygen atoms in total. The summed E-state index contributed by atoms with van der Waals surface area (Å²) >= 11 is 5.90. The van der Waals surface area contributed by atoms with Crippen LogP contribution in [0.3, 0.4) is 0 Å². The van der Waals surface area contributed by atoms with Crippen LogP contribution in [0, 0.1) is 5.92 Å². The number of halogens is 1. The molecule has 0 spiro atoms. The molecule has 0 radical (unpaired) electrons.